The van der Waals surface area contributed by atoms with Gasteiger partial charge in [0.15, 0.2) is 0 Å². The van der Waals surface area contributed by atoms with Gasteiger partial charge in [0.25, 0.3) is 0 Å². The summed E-state index contributed by atoms with van der Waals surface area (Å²) in [6, 6.07) is 11.7. The Balaban J connectivity index is 1.99. The molecule has 0 saturated heterocycles. The van der Waals surface area contributed by atoms with Crippen molar-refractivity contribution in [3.05, 3.63) is 86.9 Å². The highest BCUT2D eigenvalue weighted by Crippen LogP contribution is 2.40. The third kappa shape index (κ3) is 6.45. The molecule has 0 aromatic heterocycles. The van der Waals surface area contributed by atoms with Gasteiger partial charge in [-0.15, -0.1) is 4.52 Å². The molecule has 3 aromatic carbocycles. The number of alkyl halides is 3. The summed E-state index contributed by atoms with van der Waals surface area (Å²) in [6.07, 6.45) is -4.44. The van der Waals surface area contributed by atoms with Crippen molar-refractivity contribution in [2.75, 3.05) is 0 Å². The lowest BCUT2D eigenvalue weighted by Gasteiger charge is -2.13. The summed E-state index contributed by atoms with van der Waals surface area (Å²) in [4.78, 5) is 10.8. The van der Waals surface area contributed by atoms with Gasteiger partial charge in [0, 0.05) is 17.7 Å². The van der Waals surface area contributed by atoms with E-state index in [1.54, 1.807) is 13.0 Å². The zero-order valence-electron chi connectivity index (χ0n) is 19.2. The molecule has 0 bridgehead atoms. The molecule has 0 aliphatic rings. The maximum Gasteiger partial charge on any atom is 0.557 e. The molecule has 196 valence electrons. The van der Waals surface area contributed by atoms with E-state index in [2.05, 4.69) is 0 Å². The predicted octanol–water partition coefficient (Wildman–Crippen LogP) is 6.83. The fourth-order valence-corrected chi connectivity index (χ4v) is 5.96. The Morgan fingerprint density at radius 1 is 1.08 bits per heavy atom. The molecule has 3 aromatic rings. The molecule has 8 nitrogen and oxygen atoms in total. The molecule has 37 heavy (non-hydrogen) atoms. The number of sulfone groups is 1. The van der Waals surface area contributed by atoms with Crippen LogP contribution in [0.4, 0.5) is 18.9 Å². The average Bonchev–Trinajstić information content (AvgIpc) is 2.84. The Morgan fingerprint density at radius 2 is 1.73 bits per heavy atom. The summed E-state index contributed by atoms with van der Waals surface area (Å²) < 4.78 is 88.3. The Hall–Kier alpha value is -3.05. The third-order valence-corrected chi connectivity index (χ3v) is 8.76. The van der Waals surface area contributed by atoms with E-state index in [4.69, 9.17) is 20.9 Å². The normalized spacial score (nSPS) is 13.2. The summed E-state index contributed by atoms with van der Waals surface area (Å²) in [5.41, 5.74) is -2.97. The van der Waals surface area contributed by atoms with Gasteiger partial charge in [0.2, 0.25) is 15.3 Å². The van der Waals surface area contributed by atoms with Crippen LogP contribution >= 0.6 is 19.6 Å². The van der Waals surface area contributed by atoms with Crippen molar-refractivity contribution in [2.24, 2.45) is 0 Å². The van der Waals surface area contributed by atoms with Crippen LogP contribution in [-0.4, -0.2) is 18.8 Å². The number of nitrogens with zero attached hydrogens (tertiary/aromatic N) is 1. The molecule has 0 N–H and O–H groups in total. The highest BCUT2D eigenvalue weighted by atomic mass is 35.5. The van der Waals surface area contributed by atoms with Gasteiger partial charge in [-0.25, -0.2) is 8.42 Å². The second kappa shape index (κ2) is 11.1. The molecule has 0 heterocycles. The van der Waals surface area contributed by atoms with Crippen LogP contribution in [0.15, 0.2) is 65.6 Å². The largest absolute Gasteiger partial charge is 0.557 e. The highest BCUT2D eigenvalue weighted by molar-refractivity contribution is 7.92. The molecule has 0 saturated carbocycles. The second-order valence-corrected chi connectivity index (χ2v) is 11.4. The number of halogens is 4. The first-order valence-electron chi connectivity index (χ1n) is 10.5. The number of hydrogen-bond donors (Lipinski definition) is 0. The SMILES string of the molecule is CCc1cc([N+](=O)[O-])c([P+](=O)OC(C)S(=O)(=O)c2ccccc2)cc1Oc1ccc(C(F)(F)F)cc1Cl. The van der Waals surface area contributed by atoms with Crippen LogP contribution in [0.3, 0.4) is 0 Å². The van der Waals surface area contributed by atoms with Gasteiger partial charge in [-0.2, -0.15) is 13.2 Å². The lowest BCUT2D eigenvalue weighted by atomic mass is 10.1. The molecular weight excluding hydrogens is 558 g/mol. The van der Waals surface area contributed by atoms with Crippen molar-refractivity contribution in [1.82, 2.24) is 0 Å². The first kappa shape index (κ1) is 28.5. The van der Waals surface area contributed by atoms with Crippen molar-refractivity contribution in [2.45, 2.75) is 36.8 Å². The Kier molecular flexibility index (Phi) is 8.59. The number of rotatable bonds is 9. The van der Waals surface area contributed by atoms with Crippen LogP contribution in [0.1, 0.15) is 25.0 Å². The third-order valence-electron chi connectivity index (χ3n) is 5.16. The van der Waals surface area contributed by atoms with E-state index in [-0.39, 0.29) is 33.4 Å². The fraction of sp³-hybridized carbons (Fsp3) is 0.217. The molecule has 0 radical (unpaired) electrons. The summed E-state index contributed by atoms with van der Waals surface area (Å²) in [6.45, 7) is 2.78. The van der Waals surface area contributed by atoms with Crippen LogP contribution in [0.2, 0.25) is 5.02 Å². The maximum atomic E-state index is 13.0. The minimum Gasteiger partial charge on any atom is -0.455 e. The van der Waals surface area contributed by atoms with Crippen molar-refractivity contribution < 1.29 is 40.3 Å². The second-order valence-electron chi connectivity index (χ2n) is 7.59. The number of hydrogen-bond acceptors (Lipinski definition) is 7. The molecule has 14 heteroatoms. The van der Waals surface area contributed by atoms with E-state index in [1.165, 1.54) is 24.3 Å². The van der Waals surface area contributed by atoms with E-state index < -0.39 is 51.0 Å². The maximum absolute atomic E-state index is 13.0. The number of benzene rings is 3. The van der Waals surface area contributed by atoms with Gasteiger partial charge in [-0.1, -0.05) is 36.7 Å². The summed E-state index contributed by atoms with van der Waals surface area (Å²) in [5.74, 6) is -0.254. The molecule has 0 aliphatic heterocycles. The number of nitro benzene ring substituents is 1. The van der Waals surface area contributed by atoms with Gasteiger partial charge in [0.05, 0.1) is 20.4 Å². The first-order valence-corrected chi connectivity index (χ1v) is 13.6. The van der Waals surface area contributed by atoms with E-state index >= 15 is 0 Å². The molecule has 0 spiro atoms. The Bertz CT molecular complexity index is 1450. The zero-order valence-corrected chi connectivity index (χ0v) is 21.7. The smallest absolute Gasteiger partial charge is 0.455 e. The number of aryl methyl sites for hydroxylation is 1. The van der Waals surface area contributed by atoms with Crippen molar-refractivity contribution in [1.29, 1.82) is 0 Å². The van der Waals surface area contributed by atoms with Crippen LogP contribution < -0.4 is 10.0 Å². The molecule has 2 atom stereocenters. The van der Waals surface area contributed by atoms with E-state index in [9.17, 15) is 36.3 Å². The van der Waals surface area contributed by atoms with Crippen molar-refractivity contribution in [3.8, 4) is 11.5 Å². The van der Waals surface area contributed by atoms with E-state index in [0.717, 1.165) is 31.2 Å². The van der Waals surface area contributed by atoms with Crippen LogP contribution in [0.25, 0.3) is 0 Å². The van der Waals surface area contributed by atoms with Crippen LogP contribution in [0, 0.1) is 10.1 Å². The van der Waals surface area contributed by atoms with Gasteiger partial charge in [-0.3, -0.25) is 10.1 Å². The summed E-state index contributed by atoms with van der Waals surface area (Å²) in [5, 5.41) is 10.8. The van der Waals surface area contributed by atoms with Gasteiger partial charge >= 0.3 is 25.2 Å². The minimum absolute atomic E-state index is 0.0738. The predicted molar refractivity (Wildman–Crippen MR) is 130 cm³/mol. The van der Waals surface area contributed by atoms with Gasteiger partial charge in [0.1, 0.15) is 11.5 Å². The molecule has 0 aliphatic carbocycles. The average molecular weight is 577 g/mol. The van der Waals surface area contributed by atoms with Crippen molar-refractivity contribution >= 4 is 40.5 Å². The molecular formula is C23H19ClF3NO7PS+. The van der Waals surface area contributed by atoms with Crippen LogP contribution in [0.5, 0.6) is 11.5 Å². The van der Waals surface area contributed by atoms with Gasteiger partial charge < -0.3 is 4.74 Å². The fourth-order valence-electron chi connectivity index (χ4n) is 3.19. The zero-order chi connectivity index (χ0) is 27.5. The standard InChI is InChI=1S/C23H19ClF3NO7PS/c1-3-15-11-19(28(29)30)22(36(31)35-14(2)37(32,33)17-7-5-4-6-8-17)13-21(15)34-20-10-9-16(12-18(20)24)23(25,26)27/h4-14H,3H2,1-2H3/q+1. The van der Waals surface area contributed by atoms with Crippen LogP contribution in [-0.2, 0) is 31.5 Å². The number of nitro groups is 1. The molecule has 0 fully saturated rings. The monoisotopic (exact) mass is 576 g/mol. The van der Waals surface area contributed by atoms with Gasteiger partial charge in [-0.05, 0) is 48.2 Å². The van der Waals surface area contributed by atoms with Crippen molar-refractivity contribution in [3.63, 3.8) is 0 Å². The number of ether oxygens (including phenoxy) is 1. The highest BCUT2D eigenvalue weighted by Gasteiger charge is 2.40. The lowest BCUT2D eigenvalue weighted by Crippen LogP contribution is -2.20. The molecule has 3 rings (SSSR count). The van der Waals surface area contributed by atoms with E-state index in [1.807, 2.05) is 0 Å². The van der Waals surface area contributed by atoms with E-state index in [0.29, 0.717) is 6.07 Å². The molecule has 2 unspecified atom stereocenters. The lowest BCUT2D eigenvalue weighted by molar-refractivity contribution is -0.383. The summed E-state index contributed by atoms with van der Waals surface area (Å²) in [7, 11) is -7.18. The Labute approximate surface area is 215 Å². The Morgan fingerprint density at radius 3 is 2.27 bits per heavy atom. The minimum atomic E-state index is -4.64. The summed E-state index contributed by atoms with van der Waals surface area (Å²) >= 11 is 5.96. The quantitative estimate of drug-likeness (QED) is 0.156. The molecule has 0 amide bonds. The first-order chi connectivity index (χ1) is 17.3. The topological polar surface area (TPSA) is 113 Å².